The molecule has 0 amide bonds. The van der Waals surface area contributed by atoms with Crippen LogP contribution in [0.15, 0.2) is 39.2 Å². The van der Waals surface area contributed by atoms with E-state index in [0.717, 1.165) is 10.0 Å². The summed E-state index contributed by atoms with van der Waals surface area (Å²) in [6.07, 6.45) is 0.212. The second-order valence-electron chi connectivity index (χ2n) is 3.81. The van der Waals surface area contributed by atoms with Crippen LogP contribution in [0.5, 0.6) is 0 Å². The maximum atomic E-state index is 12.0. The van der Waals surface area contributed by atoms with E-state index in [1.807, 2.05) is 12.1 Å². The van der Waals surface area contributed by atoms with Crippen molar-refractivity contribution >= 4 is 33.3 Å². The zero-order valence-electron chi connectivity index (χ0n) is 9.45. The summed E-state index contributed by atoms with van der Waals surface area (Å²) in [7, 11) is 0. The first-order chi connectivity index (χ1) is 8.60. The van der Waals surface area contributed by atoms with Crippen LogP contribution < -0.4 is 5.73 Å². The Morgan fingerprint density at radius 2 is 2.11 bits per heavy atom. The summed E-state index contributed by atoms with van der Waals surface area (Å²) in [5.74, 6) is 0.800. The van der Waals surface area contributed by atoms with E-state index in [2.05, 4.69) is 15.9 Å². The van der Waals surface area contributed by atoms with Gasteiger partial charge >= 0.3 is 0 Å². The average molecular weight is 329 g/mol. The predicted molar refractivity (Wildman–Crippen MR) is 73.8 cm³/mol. The molecule has 0 aliphatic carbocycles. The number of carbonyl (C=O) groups excluding carboxylic acids is 1. The van der Waals surface area contributed by atoms with Gasteiger partial charge in [0, 0.05) is 15.9 Å². The van der Waals surface area contributed by atoms with Crippen LogP contribution in [0.25, 0.3) is 0 Å². The maximum absolute atomic E-state index is 12.0. The Morgan fingerprint density at radius 1 is 1.33 bits per heavy atom. The van der Waals surface area contributed by atoms with Crippen molar-refractivity contribution in [3.8, 4) is 0 Å². The first kappa shape index (κ1) is 13.3. The highest BCUT2D eigenvalue weighted by atomic mass is 79.9. The molecule has 0 aliphatic heterocycles. The quantitative estimate of drug-likeness (QED) is 0.873. The lowest BCUT2D eigenvalue weighted by atomic mass is 10.1. The highest BCUT2D eigenvalue weighted by Crippen LogP contribution is 2.23. The van der Waals surface area contributed by atoms with E-state index in [-0.39, 0.29) is 18.7 Å². The van der Waals surface area contributed by atoms with E-state index in [0.29, 0.717) is 16.5 Å². The SMILES string of the molecule is NCc1ccc(C(=O)Cc2ccc(Br)cc2Cl)o1. The summed E-state index contributed by atoms with van der Waals surface area (Å²) in [5.41, 5.74) is 6.20. The summed E-state index contributed by atoms with van der Waals surface area (Å²) in [6.45, 7) is 0.284. The third-order valence-corrected chi connectivity index (χ3v) is 3.35. The van der Waals surface area contributed by atoms with E-state index in [9.17, 15) is 4.79 Å². The van der Waals surface area contributed by atoms with Crippen molar-refractivity contribution in [3.05, 3.63) is 56.9 Å². The molecule has 0 unspecified atom stereocenters. The number of furan rings is 1. The molecule has 0 aliphatic rings. The Kier molecular flexibility index (Phi) is 4.22. The zero-order valence-corrected chi connectivity index (χ0v) is 11.8. The molecule has 0 radical (unpaired) electrons. The van der Waals surface area contributed by atoms with Crippen LogP contribution in [0.1, 0.15) is 21.9 Å². The number of hydrogen-bond acceptors (Lipinski definition) is 3. The lowest BCUT2D eigenvalue weighted by Crippen LogP contribution is -2.03. The fourth-order valence-corrected chi connectivity index (χ4v) is 2.30. The van der Waals surface area contributed by atoms with E-state index < -0.39 is 0 Å². The van der Waals surface area contributed by atoms with Gasteiger partial charge in [0.05, 0.1) is 6.54 Å². The largest absolute Gasteiger partial charge is 0.457 e. The summed E-state index contributed by atoms with van der Waals surface area (Å²) >= 11 is 9.38. The Balaban J connectivity index is 2.16. The van der Waals surface area contributed by atoms with Gasteiger partial charge in [0.15, 0.2) is 5.76 Å². The molecular weight excluding hydrogens is 318 g/mol. The van der Waals surface area contributed by atoms with Gasteiger partial charge in [0.2, 0.25) is 5.78 Å². The number of Topliss-reactive ketones (excluding diaryl/α,β-unsaturated/α-hetero) is 1. The topological polar surface area (TPSA) is 56.2 Å². The standard InChI is InChI=1S/C13H11BrClNO2/c14-9-2-1-8(11(15)6-9)5-12(17)13-4-3-10(7-16)18-13/h1-4,6H,5,7,16H2. The Hall–Kier alpha value is -1.10. The number of rotatable bonds is 4. The van der Waals surface area contributed by atoms with E-state index in [1.54, 1.807) is 18.2 Å². The number of halogens is 2. The first-order valence-electron chi connectivity index (χ1n) is 5.36. The van der Waals surface area contributed by atoms with Crippen LogP contribution in [0.3, 0.4) is 0 Å². The number of carbonyl (C=O) groups is 1. The van der Waals surface area contributed by atoms with Gasteiger partial charge in [-0.15, -0.1) is 0 Å². The minimum Gasteiger partial charge on any atom is -0.457 e. The zero-order chi connectivity index (χ0) is 13.1. The third kappa shape index (κ3) is 3.02. The van der Waals surface area contributed by atoms with Gasteiger partial charge in [-0.1, -0.05) is 33.6 Å². The predicted octanol–water partition coefficient (Wildman–Crippen LogP) is 3.58. The molecule has 0 spiro atoms. The third-order valence-electron chi connectivity index (χ3n) is 2.50. The Morgan fingerprint density at radius 3 is 2.72 bits per heavy atom. The normalized spacial score (nSPS) is 10.6. The average Bonchev–Trinajstić information content (AvgIpc) is 2.81. The second kappa shape index (κ2) is 5.69. The van der Waals surface area contributed by atoms with Crippen LogP contribution in [0.4, 0.5) is 0 Å². The van der Waals surface area contributed by atoms with Crippen LogP contribution in [0, 0.1) is 0 Å². The lowest BCUT2D eigenvalue weighted by molar-refractivity contribution is 0.0964. The van der Waals surface area contributed by atoms with Gasteiger partial charge in [0.1, 0.15) is 5.76 Å². The number of benzene rings is 1. The van der Waals surface area contributed by atoms with Crippen molar-refractivity contribution in [3.63, 3.8) is 0 Å². The van der Waals surface area contributed by atoms with Crippen molar-refractivity contribution in [2.75, 3.05) is 0 Å². The molecule has 1 heterocycles. The maximum Gasteiger partial charge on any atom is 0.202 e. The van der Waals surface area contributed by atoms with Crippen LogP contribution in [0.2, 0.25) is 5.02 Å². The molecule has 1 aromatic carbocycles. The molecule has 2 rings (SSSR count). The van der Waals surface area contributed by atoms with Crippen molar-refractivity contribution < 1.29 is 9.21 Å². The summed E-state index contributed by atoms with van der Waals surface area (Å²) < 4.78 is 6.19. The molecule has 0 bridgehead atoms. The van der Waals surface area contributed by atoms with Gasteiger partial charge < -0.3 is 10.2 Å². The Labute approximate surface area is 118 Å². The fourth-order valence-electron chi connectivity index (χ4n) is 1.56. The number of hydrogen-bond donors (Lipinski definition) is 1. The monoisotopic (exact) mass is 327 g/mol. The van der Waals surface area contributed by atoms with Gasteiger partial charge in [0.25, 0.3) is 0 Å². The van der Waals surface area contributed by atoms with E-state index >= 15 is 0 Å². The fraction of sp³-hybridized carbons (Fsp3) is 0.154. The lowest BCUT2D eigenvalue weighted by Gasteiger charge is -2.02. The van der Waals surface area contributed by atoms with Crippen molar-refractivity contribution in [1.82, 2.24) is 0 Å². The highest BCUT2D eigenvalue weighted by molar-refractivity contribution is 9.10. The minimum absolute atomic E-state index is 0.112. The van der Waals surface area contributed by atoms with Crippen LogP contribution in [-0.2, 0) is 13.0 Å². The van der Waals surface area contributed by atoms with Gasteiger partial charge in [-0.2, -0.15) is 0 Å². The highest BCUT2D eigenvalue weighted by Gasteiger charge is 2.13. The summed E-state index contributed by atoms with van der Waals surface area (Å²) in [4.78, 5) is 12.0. The van der Waals surface area contributed by atoms with Gasteiger partial charge in [-0.05, 0) is 29.8 Å². The molecule has 0 saturated carbocycles. The van der Waals surface area contributed by atoms with Crippen LogP contribution in [-0.4, -0.2) is 5.78 Å². The number of ketones is 1. The van der Waals surface area contributed by atoms with E-state index in [1.165, 1.54) is 0 Å². The molecule has 1 aromatic heterocycles. The Bertz CT molecular complexity index is 580. The van der Waals surface area contributed by atoms with Crippen molar-refractivity contribution in [1.29, 1.82) is 0 Å². The van der Waals surface area contributed by atoms with Crippen LogP contribution >= 0.6 is 27.5 Å². The molecule has 0 atom stereocenters. The second-order valence-corrected chi connectivity index (χ2v) is 5.13. The molecule has 0 saturated heterocycles. The molecule has 2 aromatic rings. The van der Waals surface area contributed by atoms with Crippen molar-refractivity contribution in [2.45, 2.75) is 13.0 Å². The van der Waals surface area contributed by atoms with Crippen molar-refractivity contribution in [2.24, 2.45) is 5.73 Å². The van der Waals surface area contributed by atoms with Gasteiger partial charge in [-0.25, -0.2) is 0 Å². The molecule has 18 heavy (non-hydrogen) atoms. The molecule has 3 nitrogen and oxygen atoms in total. The smallest absolute Gasteiger partial charge is 0.202 e. The van der Waals surface area contributed by atoms with Gasteiger partial charge in [-0.3, -0.25) is 4.79 Å². The number of nitrogens with two attached hydrogens (primary N) is 1. The minimum atomic E-state index is -0.112. The summed E-state index contributed by atoms with van der Waals surface area (Å²) in [6, 6.07) is 8.77. The molecule has 0 fully saturated rings. The van der Waals surface area contributed by atoms with E-state index in [4.69, 9.17) is 21.8 Å². The molecule has 94 valence electrons. The molecule has 5 heteroatoms. The first-order valence-corrected chi connectivity index (χ1v) is 6.53. The summed E-state index contributed by atoms with van der Waals surface area (Å²) in [5, 5.41) is 0.559. The molecular formula is C13H11BrClNO2. The molecule has 2 N–H and O–H groups in total.